The third kappa shape index (κ3) is 3.50. The zero-order chi connectivity index (χ0) is 14.0. The van der Waals surface area contributed by atoms with Crippen LogP contribution in [0.3, 0.4) is 0 Å². The number of nitrogens with two attached hydrogens (primary N) is 1. The Morgan fingerprint density at radius 3 is 2.68 bits per heavy atom. The van der Waals surface area contributed by atoms with Crippen molar-refractivity contribution in [2.24, 2.45) is 11.8 Å². The molecule has 0 spiro atoms. The summed E-state index contributed by atoms with van der Waals surface area (Å²) in [6.07, 6.45) is 3.09. The fourth-order valence-corrected chi connectivity index (χ4v) is 2.74. The first-order valence-electron chi connectivity index (χ1n) is 6.73. The van der Waals surface area contributed by atoms with Crippen LogP contribution in [0.5, 0.6) is 0 Å². The molecule has 104 valence electrons. The summed E-state index contributed by atoms with van der Waals surface area (Å²) in [5.41, 5.74) is 6.85. The number of carbonyl (C=O) groups excluding carboxylic acids is 1. The molecule has 0 aliphatic heterocycles. The number of esters is 1. The van der Waals surface area contributed by atoms with Gasteiger partial charge in [-0.1, -0.05) is 13.8 Å². The molecule has 2 N–H and O–H groups in total. The zero-order valence-electron chi connectivity index (χ0n) is 11.4. The first-order chi connectivity index (χ1) is 8.97. The van der Waals surface area contributed by atoms with E-state index in [9.17, 15) is 4.79 Å². The molecule has 2 rings (SSSR count). The molecule has 0 bridgehead atoms. The van der Waals surface area contributed by atoms with E-state index in [0.29, 0.717) is 17.2 Å². The highest BCUT2D eigenvalue weighted by Gasteiger charge is 2.27. The number of halogens is 1. The molecular formula is C15H20BrNO2. The minimum atomic E-state index is -0.272. The molecule has 19 heavy (non-hydrogen) atoms. The maximum absolute atomic E-state index is 12.1. The van der Waals surface area contributed by atoms with E-state index in [-0.39, 0.29) is 12.1 Å². The Balaban J connectivity index is 1.99. The van der Waals surface area contributed by atoms with Crippen molar-refractivity contribution in [2.75, 3.05) is 5.73 Å². The lowest BCUT2D eigenvalue weighted by Gasteiger charge is -2.31. The minimum Gasteiger partial charge on any atom is -0.459 e. The first-order valence-corrected chi connectivity index (χ1v) is 7.52. The number of rotatable bonds is 2. The number of hydrogen-bond acceptors (Lipinski definition) is 3. The number of nitrogen functional groups attached to an aromatic ring is 1. The number of benzene rings is 1. The summed E-state index contributed by atoms with van der Waals surface area (Å²) in [7, 11) is 0. The second-order valence-electron chi connectivity index (χ2n) is 5.53. The lowest BCUT2D eigenvalue weighted by molar-refractivity contribution is 0.00879. The standard InChI is InChI=1S/C15H20BrNO2/c1-9-3-5-12(7-10(9)2)19-15(18)11-4-6-13(16)14(17)8-11/h4,6,8-10,12H,3,5,7,17H2,1-2H3. The van der Waals surface area contributed by atoms with Gasteiger partial charge in [-0.2, -0.15) is 0 Å². The van der Waals surface area contributed by atoms with Gasteiger partial charge in [0.15, 0.2) is 0 Å². The highest BCUT2D eigenvalue weighted by Crippen LogP contribution is 2.31. The largest absolute Gasteiger partial charge is 0.459 e. The summed E-state index contributed by atoms with van der Waals surface area (Å²) in [4.78, 5) is 12.1. The average molecular weight is 326 g/mol. The van der Waals surface area contributed by atoms with Crippen molar-refractivity contribution < 1.29 is 9.53 Å². The van der Waals surface area contributed by atoms with E-state index in [1.165, 1.54) is 0 Å². The van der Waals surface area contributed by atoms with E-state index in [1.807, 2.05) is 0 Å². The van der Waals surface area contributed by atoms with Gasteiger partial charge in [0.1, 0.15) is 6.10 Å². The Kier molecular flexibility index (Phi) is 4.50. The van der Waals surface area contributed by atoms with E-state index in [0.717, 1.165) is 29.7 Å². The van der Waals surface area contributed by atoms with E-state index in [4.69, 9.17) is 10.5 Å². The molecule has 0 radical (unpaired) electrons. The van der Waals surface area contributed by atoms with Crippen LogP contribution in [-0.2, 0) is 4.74 Å². The molecule has 3 nitrogen and oxygen atoms in total. The fraction of sp³-hybridized carbons (Fsp3) is 0.533. The Hall–Kier alpha value is -1.03. The summed E-state index contributed by atoms with van der Waals surface area (Å²) in [5, 5.41) is 0. The van der Waals surface area contributed by atoms with Crippen LogP contribution in [0.15, 0.2) is 22.7 Å². The van der Waals surface area contributed by atoms with Crippen molar-refractivity contribution in [3.63, 3.8) is 0 Å². The molecule has 1 fully saturated rings. The van der Waals surface area contributed by atoms with Crippen LogP contribution in [0.2, 0.25) is 0 Å². The van der Waals surface area contributed by atoms with Gasteiger partial charge < -0.3 is 10.5 Å². The molecule has 1 aromatic carbocycles. The van der Waals surface area contributed by atoms with Crippen LogP contribution >= 0.6 is 15.9 Å². The summed E-state index contributed by atoms with van der Waals surface area (Å²) in [5.74, 6) is 1.06. The van der Waals surface area contributed by atoms with Crippen molar-refractivity contribution in [1.82, 2.24) is 0 Å². The van der Waals surface area contributed by atoms with E-state index < -0.39 is 0 Å². The van der Waals surface area contributed by atoms with Gasteiger partial charge >= 0.3 is 5.97 Å². The van der Waals surface area contributed by atoms with Crippen LogP contribution in [-0.4, -0.2) is 12.1 Å². The van der Waals surface area contributed by atoms with Crippen LogP contribution in [0.25, 0.3) is 0 Å². The molecule has 1 aromatic rings. The van der Waals surface area contributed by atoms with Crippen LogP contribution in [0.1, 0.15) is 43.5 Å². The molecule has 1 saturated carbocycles. The third-order valence-corrected chi connectivity index (χ3v) is 4.78. The first kappa shape index (κ1) is 14.4. The van der Waals surface area contributed by atoms with Crippen molar-refractivity contribution in [1.29, 1.82) is 0 Å². The van der Waals surface area contributed by atoms with Crippen LogP contribution in [0.4, 0.5) is 5.69 Å². The van der Waals surface area contributed by atoms with E-state index in [1.54, 1.807) is 18.2 Å². The summed E-state index contributed by atoms with van der Waals surface area (Å²) < 4.78 is 6.38. The predicted octanol–water partition coefficient (Wildman–Crippen LogP) is 4.01. The van der Waals surface area contributed by atoms with E-state index >= 15 is 0 Å². The van der Waals surface area contributed by atoms with Crippen LogP contribution in [0, 0.1) is 11.8 Å². The molecule has 3 atom stereocenters. The molecule has 0 heterocycles. The molecule has 0 saturated heterocycles. The van der Waals surface area contributed by atoms with Gasteiger partial charge in [-0.3, -0.25) is 0 Å². The van der Waals surface area contributed by atoms with Crippen molar-refractivity contribution in [3.05, 3.63) is 28.2 Å². The molecule has 3 unspecified atom stereocenters. The van der Waals surface area contributed by atoms with Gasteiger partial charge in [0.05, 0.1) is 5.56 Å². The number of anilines is 1. The van der Waals surface area contributed by atoms with Gasteiger partial charge in [0.25, 0.3) is 0 Å². The highest BCUT2D eigenvalue weighted by atomic mass is 79.9. The number of carbonyl (C=O) groups is 1. The smallest absolute Gasteiger partial charge is 0.338 e. The minimum absolute atomic E-state index is 0.0450. The monoisotopic (exact) mass is 325 g/mol. The lowest BCUT2D eigenvalue weighted by atomic mass is 9.80. The van der Waals surface area contributed by atoms with Crippen molar-refractivity contribution in [3.8, 4) is 0 Å². The molecule has 4 heteroatoms. The van der Waals surface area contributed by atoms with Crippen LogP contribution < -0.4 is 5.73 Å². The second-order valence-corrected chi connectivity index (χ2v) is 6.39. The van der Waals surface area contributed by atoms with Crippen molar-refractivity contribution >= 4 is 27.6 Å². The third-order valence-electron chi connectivity index (χ3n) is 4.06. The summed E-state index contributed by atoms with van der Waals surface area (Å²) >= 11 is 3.31. The number of ether oxygens (including phenoxy) is 1. The van der Waals surface area contributed by atoms with Gasteiger partial charge in [-0.25, -0.2) is 4.79 Å². The predicted molar refractivity (Wildman–Crippen MR) is 79.9 cm³/mol. The van der Waals surface area contributed by atoms with E-state index in [2.05, 4.69) is 29.8 Å². The molecule has 1 aliphatic carbocycles. The zero-order valence-corrected chi connectivity index (χ0v) is 12.9. The van der Waals surface area contributed by atoms with Gasteiger partial charge in [-0.15, -0.1) is 0 Å². The second kappa shape index (κ2) is 5.95. The Bertz CT molecular complexity index is 475. The topological polar surface area (TPSA) is 52.3 Å². The maximum atomic E-state index is 12.1. The SMILES string of the molecule is CC1CCC(OC(=O)c2ccc(Br)c(N)c2)CC1C. The quantitative estimate of drug-likeness (QED) is 0.660. The fourth-order valence-electron chi connectivity index (χ4n) is 2.50. The normalized spacial score (nSPS) is 27.0. The van der Waals surface area contributed by atoms with Gasteiger partial charge in [-0.05, 0) is 65.2 Å². The average Bonchev–Trinajstić information content (AvgIpc) is 2.37. The molecule has 0 aromatic heterocycles. The van der Waals surface area contributed by atoms with Gasteiger partial charge in [0.2, 0.25) is 0 Å². The molecule has 0 amide bonds. The lowest BCUT2D eigenvalue weighted by Crippen LogP contribution is -2.28. The Morgan fingerprint density at radius 2 is 2.05 bits per heavy atom. The summed E-state index contributed by atoms with van der Waals surface area (Å²) in [6.45, 7) is 4.49. The molecular weight excluding hydrogens is 306 g/mol. The number of hydrogen-bond donors (Lipinski definition) is 1. The highest BCUT2D eigenvalue weighted by molar-refractivity contribution is 9.10. The molecule has 1 aliphatic rings. The van der Waals surface area contributed by atoms with Crippen molar-refractivity contribution in [2.45, 2.75) is 39.2 Å². The van der Waals surface area contributed by atoms with Gasteiger partial charge in [0, 0.05) is 10.2 Å². The Labute approximate surface area is 122 Å². The maximum Gasteiger partial charge on any atom is 0.338 e. The summed E-state index contributed by atoms with van der Waals surface area (Å²) in [6, 6.07) is 5.16. The Morgan fingerprint density at radius 1 is 1.32 bits per heavy atom.